The van der Waals surface area contributed by atoms with Crippen molar-refractivity contribution >= 4 is 21.8 Å². The van der Waals surface area contributed by atoms with Crippen LogP contribution in [-0.2, 0) is 19.5 Å². The quantitative estimate of drug-likeness (QED) is 0.516. The number of Topliss-reactive ketones (excluding diaryl/α,β-unsaturated/α-hetero) is 1. The molecule has 160 valence electrons. The lowest BCUT2D eigenvalue weighted by atomic mass is 10.1. The van der Waals surface area contributed by atoms with E-state index in [0.29, 0.717) is 24.3 Å². The minimum atomic E-state index is -3.76. The first-order chi connectivity index (χ1) is 14.2. The third-order valence-electron chi connectivity index (χ3n) is 5.00. The Morgan fingerprint density at radius 3 is 2.23 bits per heavy atom. The summed E-state index contributed by atoms with van der Waals surface area (Å²) in [6.45, 7) is 6.28. The van der Waals surface area contributed by atoms with E-state index in [0.717, 1.165) is 5.56 Å². The molecule has 0 N–H and O–H groups in total. The third-order valence-corrected chi connectivity index (χ3v) is 7.04. The third kappa shape index (κ3) is 4.77. The second kappa shape index (κ2) is 9.07. The average molecular weight is 432 g/mol. The molecule has 2 aromatic carbocycles. The largest absolute Gasteiger partial charge is 0.451 e. The van der Waals surface area contributed by atoms with Gasteiger partial charge in [-0.3, -0.25) is 4.79 Å². The van der Waals surface area contributed by atoms with Gasteiger partial charge in [-0.2, -0.15) is 4.31 Å². The summed E-state index contributed by atoms with van der Waals surface area (Å²) in [5.41, 5.74) is 2.07. The summed E-state index contributed by atoms with van der Waals surface area (Å²) < 4.78 is 37.9. The molecule has 0 aliphatic carbocycles. The van der Waals surface area contributed by atoms with Crippen LogP contribution in [-0.4, -0.2) is 56.9 Å². The number of morpholine rings is 1. The molecule has 0 amide bonds. The number of benzene rings is 2. The van der Waals surface area contributed by atoms with Gasteiger partial charge in [0.05, 0.1) is 23.7 Å². The molecule has 1 aliphatic heterocycles. The van der Waals surface area contributed by atoms with E-state index in [9.17, 15) is 18.0 Å². The number of carbonyl (C=O) groups is 2. The molecule has 1 saturated heterocycles. The van der Waals surface area contributed by atoms with Crippen molar-refractivity contribution in [3.63, 3.8) is 0 Å². The van der Waals surface area contributed by atoms with Crippen molar-refractivity contribution in [2.24, 2.45) is 0 Å². The highest BCUT2D eigenvalue weighted by atomic mass is 32.2. The molecule has 0 aromatic heterocycles. The zero-order valence-corrected chi connectivity index (χ0v) is 18.1. The Balaban J connectivity index is 1.78. The summed E-state index contributed by atoms with van der Waals surface area (Å²) in [6.07, 6.45) is -0.999. The van der Waals surface area contributed by atoms with Gasteiger partial charge in [-0.05, 0) is 38.5 Å². The normalized spacial score (nSPS) is 16.1. The minimum absolute atomic E-state index is 0.0522. The molecular formula is C22H25NO6S. The Morgan fingerprint density at radius 1 is 1.00 bits per heavy atom. The molecule has 1 heterocycles. The van der Waals surface area contributed by atoms with Crippen LogP contribution < -0.4 is 0 Å². The molecule has 0 radical (unpaired) electrons. The predicted octanol–water partition coefficient (Wildman–Crippen LogP) is 2.75. The second-order valence-electron chi connectivity index (χ2n) is 7.27. The van der Waals surface area contributed by atoms with Crippen LogP contribution in [0, 0.1) is 13.8 Å². The lowest BCUT2D eigenvalue weighted by Crippen LogP contribution is -2.40. The van der Waals surface area contributed by atoms with E-state index in [1.54, 1.807) is 25.1 Å². The van der Waals surface area contributed by atoms with Gasteiger partial charge in [0.1, 0.15) is 0 Å². The van der Waals surface area contributed by atoms with Crippen molar-refractivity contribution < 1.29 is 27.5 Å². The minimum Gasteiger partial charge on any atom is -0.451 e. The highest BCUT2D eigenvalue weighted by molar-refractivity contribution is 7.89. The van der Waals surface area contributed by atoms with Gasteiger partial charge in [-0.25, -0.2) is 13.2 Å². The molecule has 2 aromatic rings. The summed E-state index contributed by atoms with van der Waals surface area (Å²) in [4.78, 5) is 25.2. The molecule has 0 bridgehead atoms. The highest BCUT2D eigenvalue weighted by Gasteiger charge is 2.29. The molecule has 1 atom stereocenters. The SMILES string of the molecule is Cc1ccc(C(=O)C(C)OC(=O)c2ccc(C)c(S(=O)(=O)N3CCOCC3)c2)cc1. The molecule has 1 unspecified atom stereocenters. The molecule has 1 fully saturated rings. The maximum Gasteiger partial charge on any atom is 0.338 e. The Labute approximate surface area is 176 Å². The van der Waals surface area contributed by atoms with Crippen molar-refractivity contribution in [3.05, 3.63) is 64.7 Å². The standard InChI is InChI=1S/C22H25NO6S/c1-15-4-7-18(8-5-15)21(24)17(3)29-22(25)19-9-6-16(2)20(14-19)30(26,27)23-10-12-28-13-11-23/h4-9,14,17H,10-13H2,1-3H3. The Hall–Kier alpha value is -2.55. The second-order valence-corrected chi connectivity index (χ2v) is 9.18. The predicted molar refractivity (Wildman–Crippen MR) is 111 cm³/mol. The van der Waals surface area contributed by atoms with Crippen molar-refractivity contribution in [2.45, 2.75) is 31.8 Å². The molecular weight excluding hydrogens is 406 g/mol. The topological polar surface area (TPSA) is 90.0 Å². The number of ether oxygens (including phenoxy) is 2. The Morgan fingerprint density at radius 2 is 1.60 bits per heavy atom. The number of nitrogens with zero attached hydrogens (tertiary/aromatic N) is 1. The van der Waals surface area contributed by atoms with Gasteiger partial charge in [-0.1, -0.05) is 35.9 Å². The molecule has 8 heteroatoms. The molecule has 30 heavy (non-hydrogen) atoms. The fourth-order valence-corrected chi connectivity index (χ4v) is 4.82. The first-order valence-electron chi connectivity index (χ1n) is 9.70. The summed E-state index contributed by atoms with van der Waals surface area (Å²) >= 11 is 0. The van der Waals surface area contributed by atoms with Gasteiger partial charge in [0.15, 0.2) is 6.10 Å². The van der Waals surface area contributed by atoms with Gasteiger partial charge in [0.2, 0.25) is 15.8 Å². The number of ketones is 1. The van der Waals surface area contributed by atoms with E-state index in [1.165, 1.54) is 23.4 Å². The van der Waals surface area contributed by atoms with Crippen LogP contribution in [0.4, 0.5) is 0 Å². The lowest BCUT2D eigenvalue weighted by molar-refractivity contribution is 0.0318. The van der Waals surface area contributed by atoms with Crippen LogP contribution in [0.25, 0.3) is 0 Å². The summed E-state index contributed by atoms with van der Waals surface area (Å²) in [7, 11) is -3.76. The van der Waals surface area contributed by atoms with Gasteiger partial charge in [0, 0.05) is 18.7 Å². The van der Waals surface area contributed by atoms with E-state index in [-0.39, 0.29) is 29.3 Å². The van der Waals surface area contributed by atoms with E-state index in [2.05, 4.69) is 0 Å². The summed E-state index contributed by atoms with van der Waals surface area (Å²) in [6, 6.07) is 11.4. The van der Waals surface area contributed by atoms with Crippen LogP contribution in [0.1, 0.15) is 38.8 Å². The highest BCUT2D eigenvalue weighted by Crippen LogP contribution is 2.23. The molecule has 0 spiro atoms. The number of hydrogen-bond acceptors (Lipinski definition) is 6. The summed E-state index contributed by atoms with van der Waals surface area (Å²) in [5, 5.41) is 0. The van der Waals surface area contributed by atoms with Gasteiger partial charge >= 0.3 is 5.97 Å². The molecule has 0 saturated carbocycles. The van der Waals surface area contributed by atoms with Gasteiger partial charge in [0.25, 0.3) is 0 Å². The van der Waals surface area contributed by atoms with E-state index >= 15 is 0 Å². The monoisotopic (exact) mass is 431 g/mol. The first-order valence-corrected chi connectivity index (χ1v) is 11.1. The number of hydrogen-bond donors (Lipinski definition) is 0. The number of rotatable bonds is 6. The number of carbonyl (C=O) groups excluding carboxylic acids is 2. The van der Waals surface area contributed by atoms with Crippen LogP contribution in [0.3, 0.4) is 0 Å². The first kappa shape index (κ1) is 22.1. The number of esters is 1. The fourth-order valence-electron chi connectivity index (χ4n) is 3.17. The number of sulfonamides is 1. The average Bonchev–Trinajstić information content (AvgIpc) is 2.74. The van der Waals surface area contributed by atoms with E-state index < -0.39 is 22.1 Å². The van der Waals surface area contributed by atoms with Crippen LogP contribution >= 0.6 is 0 Å². The lowest BCUT2D eigenvalue weighted by Gasteiger charge is -2.26. The van der Waals surface area contributed by atoms with Crippen LogP contribution in [0.5, 0.6) is 0 Å². The summed E-state index contributed by atoms with van der Waals surface area (Å²) in [5.74, 6) is -1.07. The van der Waals surface area contributed by atoms with Gasteiger partial charge < -0.3 is 9.47 Å². The fraction of sp³-hybridized carbons (Fsp3) is 0.364. The zero-order chi connectivity index (χ0) is 21.9. The smallest absolute Gasteiger partial charge is 0.338 e. The maximum atomic E-state index is 13.0. The number of aryl methyl sites for hydroxylation is 2. The maximum absolute atomic E-state index is 13.0. The van der Waals surface area contributed by atoms with Crippen molar-refractivity contribution in [1.82, 2.24) is 4.31 Å². The van der Waals surface area contributed by atoms with Crippen molar-refractivity contribution in [1.29, 1.82) is 0 Å². The Kier molecular flexibility index (Phi) is 6.70. The van der Waals surface area contributed by atoms with E-state index in [1.807, 2.05) is 19.1 Å². The molecule has 1 aliphatic rings. The molecule has 7 nitrogen and oxygen atoms in total. The van der Waals surface area contributed by atoms with Crippen molar-refractivity contribution in [2.75, 3.05) is 26.3 Å². The van der Waals surface area contributed by atoms with Gasteiger partial charge in [-0.15, -0.1) is 0 Å². The Bertz CT molecular complexity index is 1040. The van der Waals surface area contributed by atoms with Crippen molar-refractivity contribution in [3.8, 4) is 0 Å². The van der Waals surface area contributed by atoms with Crippen LogP contribution in [0.15, 0.2) is 47.4 Å². The van der Waals surface area contributed by atoms with E-state index in [4.69, 9.17) is 9.47 Å². The van der Waals surface area contributed by atoms with Crippen LogP contribution in [0.2, 0.25) is 0 Å². The zero-order valence-electron chi connectivity index (χ0n) is 17.3. The molecule has 3 rings (SSSR count).